The number of carbonyl (C=O) groups is 1. The molecule has 3 aromatic rings. The molecule has 1 aliphatic rings. The molecular formula is C22H22F3N7O. The van der Waals surface area contributed by atoms with E-state index >= 15 is 0 Å². The smallest absolute Gasteiger partial charge is 0.303 e. The van der Waals surface area contributed by atoms with Crippen LogP contribution >= 0.6 is 0 Å². The summed E-state index contributed by atoms with van der Waals surface area (Å²) in [4.78, 5) is 33.6. The lowest BCUT2D eigenvalue weighted by Gasteiger charge is -2.33. The molecule has 2 N–H and O–H groups in total. The van der Waals surface area contributed by atoms with Gasteiger partial charge in [-0.2, -0.15) is 8.78 Å². The summed E-state index contributed by atoms with van der Waals surface area (Å²) in [6, 6.07) is 4.82. The van der Waals surface area contributed by atoms with Gasteiger partial charge in [-0.15, -0.1) is 0 Å². The zero-order valence-corrected chi connectivity index (χ0v) is 17.8. The van der Waals surface area contributed by atoms with E-state index in [9.17, 15) is 18.0 Å². The maximum absolute atomic E-state index is 13.5. The summed E-state index contributed by atoms with van der Waals surface area (Å²) in [6.07, 6.45) is 8.71. The van der Waals surface area contributed by atoms with Crippen molar-refractivity contribution in [2.45, 2.75) is 43.7 Å². The monoisotopic (exact) mass is 457 g/mol. The first-order valence-electron chi connectivity index (χ1n) is 10.4. The van der Waals surface area contributed by atoms with E-state index in [0.29, 0.717) is 24.2 Å². The lowest BCUT2D eigenvalue weighted by atomic mass is 9.95. The van der Waals surface area contributed by atoms with E-state index < -0.39 is 23.7 Å². The lowest BCUT2D eigenvalue weighted by molar-refractivity contribution is -0.0286. The topological polar surface area (TPSA) is 106 Å². The van der Waals surface area contributed by atoms with Gasteiger partial charge in [-0.05, 0) is 44.4 Å². The van der Waals surface area contributed by atoms with Crippen molar-refractivity contribution in [1.29, 1.82) is 0 Å². The minimum absolute atomic E-state index is 0.119. The van der Waals surface area contributed by atoms with Crippen molar-refractivity contribution in [2.24, 2.45) is 0 Å². The van der Waals surface area contributed by atoms with Crippen molar-refractivity contribution in [3.63, 3.8) is 0 Å². The Hall–Kier alpha value is -3.63. The fourth-order valence-corrected chi connectivity index (χ4v) is 3.89. The number of carbonyl (C=O) groups excluding carboxylic acids is 1. The Labute approximate surface area is 188 Å². The summed E-state index contributed by atoms with van der Waals surface area (Å²) in [5.41, 5.74) is -0.511. The Morgan fingerprint density at radius 3 is 2.52 bits per heavy atom. The van der Waals surface area contributed by atoms with Gasteiger partial charge in [0.15, 0.2) is 12.5 Å². The number of anilines is 1. The Bertz CT molecular complexity index is 1110. The molecule has 0 spiro atoms. The zero-order chi connectivity index (χ0) is 23.5. The Morgan fingerprint density at radius 2 is 1.82 bits per heavy atom. The van der Waals surface area contributed by atoms with Crippen LogP contribution in [0.2, 0.25) is 0 Å². The van der Waals surface area contributed by atoms with Gasteiger partial charge in [0.1, 0.15) is 5.69 Å². The Morgan fingerprint density at radius 1 is 1.12 bits per heavy atom. The molecule has 2 atom stereocenters. The number of pyridine rings is 1. The number of alkyl halides is 3. The fourth-order valence-electron chi connectivity index (χ4n) is 3.89. The number of rotatable bonds is 7. The van der Waals surface area contributed by atoms with E-state index in [1.165, 1.54) is 6.20 Å². The second kappa shape index (κ2) is 9.08. The van der Waals surface area contributed by atoms with Crippen LogP contribution in [0.15, 0.2) is 49.2 Å². The van der Waals surface area contributed by atoms with Gasteiger partial charge < -0.3 is 10.6 Å². The van der Waals surface area contributed by atoms with Crippen molar-refractivity contribution in [2.75, 3.05) is 12.0 Å². The first kappa shape index (κ1) is 22.6. The van der Waals surface area contributed by atoms with Crippen LogP contribution in [-0.4, -0.2) is 49.1 Å². The maximum Gasteiger partial charge on any atom is 0.303 e. The van der Waals surface area contributed by atoms with Crippen molar-refractivity contribution >= 4 is 11.9 Å². The van der Waals surface area contributed by atoms with Crippen molar-refractivity contribution < 1.29 is 18.0 Å². The number of aromatic nitrogens is 5. The summed E-state index contributed by atoms with van der Waals surface area (Å²) in [5, 5.41) is 6.16. The molecule has 172 valence electrons. The van der Waals surface area contributed by atoms with Gasteiger partial charge in [0.05, 0.1) is 22.7 Å². The van der Waals surface area contributed by atoms with Gasteiger partial charge in [0, 0.05) is 31.0 Å². The first-order valence-corrected chi connectivity index (χ1v) is 10.4. The van der Waals surface area contributed by atoms with Crippen LogP contribution < -0.4 is 10.6 Å². The van der Waals surface area contributed by atoms with E-state index in [1.54, 1.807) is 30.6 Å². The van der Waals surface area contributed by atoms with Crippen LogP contribution in [0.3, 0.4) is 0 Å². The van der Waals surface area contributed by atoms with Crippen molar-refractivity contribution in [3.05, 3.63) is 60.4 Å². The molecule has 1 aliphatic carbocycles. The van der Waals surface area contributed by atoms with Gasteiger partial charge in [-0.1, -0.05) is 0 Å². The summed E-state index contributed by atoms with van der Waals surface area (Å²) in [6.45, 7) is 0.0799. The average molecular weight is 457 g/mol. The summed E-state index contributed by atoms with van der Waals surface area (Å²) >= 11 is 0. The SMILES string of the molecule is CC1(Nc2ncc(C(F)(F)CF)cn2)CCCC1NC(=O)c1ncccc1-c1ncccn1. The van der Waals surface area contributed by atoms with E-state index in [-0.39, 0.29) is 23.6 Å². The number of amides is 1. The number of halogens is 3. The van der Waals surface area contributed by atoms with Crippen molar-refractivity contribution in [3.8, 4) is 11.4 Å². The number of nitrogens with zero attached hydrogens (tertiary/aromatic N) is 5. The second-order valence-corrected chi connectivity index (χ2v) is 8.07. The highest BCUT2D eigenvalue weighted by atomic mass is 19.3. The van der Waals surface area contributed by atoms with E-state index in [1.807, 2.05) is 6.92 Å². The third kappa shape index (κ3) is 4.76. The normalized spacial score (nSPS) is 20.4. The molecule has 3 heterocycles. The molecule has 11 heteroatoms. The summed E-state index contributed by atoms with van der Waals surface area (Å²) in [7, 11) is 0. The molecule has 0 aliphatic heterocycles. The molecule has 4 rings (SSSR count). The quantitative estimate of drug-likeness (QED) is 0.559. The third-order valence-corrected chi connectivity index (χ3v) is 5.73. The minimum Gasteiger partial charge on any atom is -0.347 e. The van der Waals surface area contributed by atoms with Gasteiger partial charge in [0.2, 0.25) is 5.95 Å². The fraction of sp³-hybridized carbons (Fsp3) is 0.364. The summed E-state index contributed by atoms with van der Waals surface area (Å²) < 4.78 is 39.5. The van der Waals surface area contributed by atoms with Gasteiger partial charge in [-0.25, -0.2) is 24.3 Å². The first-order chi connectivity index (χ1) is 15.8. The van der Waals surface area contributed by atoms with Crippen LogP contribution in [-0.2, 0) is 5.92 Å². The molecule has 1 fully saturated rings. The maximum atomic E-state index is 13.5. The molecule has 3 aromatic heterocycles. The standard InChI is InChI=1S/C22H22F3N7O/c1-21(32-20-29-11-14(12-30-20)22(24,25)13-23)7-2-6-16(21)31-19(33)17-15(5-3-8-26-17)18-27-9-4-10-28-18/h3-5,8-12,16H,2,6-7,13H2,1H3,(H,31,33)(H,29,30,32). The highest BCUT2D eigenvalue weighted by Crippen LogP contribution is 2.33. The lowest BCUT2D eigenvalue weighted by Crippen LogP contribution is -2.52. The molecule has 0 radical (unpaired) electrons. The second-order valence-electron chi connectivity index (χ2n) is 8.07. The van der Waals surface area contributed by atoms with Crippen LogP contribution in [0.4, 0.5) is 19.1 Å². The molecular weight excluding hydrogens is 435 g/mol. The molecule has 2 unspecified atom stereocenters. The van der Waals surface area contributed by atoms with E-state index in [2.05, 4.69) is 35.6 Å². The minimum atomic E-state index is -3.63. The highest BCUT2D eigenvalue weighted by molar-refractivity contribution is 5.98. The molecule has 1 amide bonds. The van der Waals surface area contributed by atoms with Crippen LogP contribution in [0.5, 0.6) is 0 Å². The van der Waals surface area contributed by atoms with E-state index in [4.69, 9.17) is 0 Å². The molecule has 8 nitrogen and oxygen atoms in total. The van der Waals surface area contributed by atoms with Gasteiger partial charge >= 0.3 is 5.92 Å². The molecule has 1 saturated carbocycles. The Balaban J connectivity index is 1.51. The third-order valence-electron chi connectivity index (χ3n) is 5.73. The van der Waals surface area contributed by atoms with Crippen LogP contribution in [0.1, 0.15) is 42.2 Å². The van der Waals surface area contributed by atoms with Gasteiger partial charge in [-0.3, -0.25) is 9.78 Å². The van der Waals surface area contributed by atoms with Crippen LogP contribution in [0, 0.1) is 0 Å². The predicted octanol–water partition coefficient (Wildman–Crippen LogP) is 3.54. The zero-order valence-electron chi connectivity index (χ0n) is 17.8. The molecule has 0 aromatic carbocycles. The highest BCUT2D eigenvalue weighted by Gasteiger charge is 2.41. The largest absolute Gasteiger partial charge is 0.347 e. The number of hydrogen-bond donors (Lipinski definition) is 2. The average Bonchev–Trinajstić information content (AvgIpc) is 3.19. The number of hydrogen-bond acceptors (Lipinski definition) is 7. The molecule has 0 bridgehead atoms. The molecule has 33 heavy (non-hydrogen) atoms. The predicted molar refractivity (Wildman–Crippen MR) is 114 cm³/mol. The Kier molecular flexibility index (Phi) is 6.21. The number of nitrogens with one attached hydrogen (secondary N) is 2. The van der Waals surface area contributed by atoms with E-state index in [0.717, 1.165) is 18.8 Å². The van der Waals surface area contributed by atoms with Gasteiger partial charge in [0.25, 0.3) is 5.91 Å². The van der Waals surface area contributed by atoms with Crippen molar-refractivity contribution in [1.82, 2.24) is 30.2 Å². The van der Waals surface area contributed by atoms with Crippen LogP contribution in [0.25, 0.3) is 11.4 Å². The molecule has 0 saturated heterocycles. The summed E-state index contributed by atoms with van der Waals surface area (Å²) in [5.74, 6) is -3.50.